The van der Waals surface area contributed by atoms with Gasteiger partial charge in [0, 0.05) is 11.8 Å². The molecule has 0 aliphatic heterocycles. The minimum atomic E-state index is -3.44. The van der Waals surface area contributed by atoms with Crippen LogP contribution in [0.15, 0.2) is 23.1 Å². The van der Waals surface area contributed by atoms with Gasteiger partial charge in [-0.2, -0.15) is 0 Å². The molecule has 1 saturated carbocycles. The minimum absolute atomic E-state index is 0.0428. The molecule has 1 amide bonds. The summed E-state index contributed by atoms with van der Waals surface area (Å²) in [6.45, 7) is 1.69. The molecule has 0 aromatic heterocycles. The Hall–Kier alpha value is -1.89. The normalized spacial score (nSPS) is 17.5. The second-order valence-electron chi connectivity index (χ2n) is 6.15. The highest BCUT2D eigenvalue weighted by atomic mass is 32.2. The average molecular weight is 339 g/mol. The van der Waals surface area contributed by atoms with E-state index in [1.165, 1.54) is 12.1 Å². The van der Waals surface area contributed by atoms with Gasteiger partial charge in [0.15, 0.2) is 9.84 Å². The van der Waals surface area contributed by atoms with Crippen LogP contribution >= 0.6 is 0 Å². The van der Waals surface area contributed by atoms with E-state index in [4.69, 9.17) is 0 Å². The molecule has 7 heteroatoms. The van der Waals surface area contributed by atoms with Crippen LogP contribution in [0.5, 0.6) is 0 Å². The molecular weight excluding hydrogens is 318 g/mol. The second kappa shape index (κ2) is 6.31. The number of benzene rings is 1. The molecule has 1 aliphatic rings. The monoisotopic (exact) mass is 339 g/mol. The molecule has 2 N–H and O–H groups in total. The summed E-state index contributed by atoms with van der Waals surface area (Å²) in [7, 11) is -3.44. The molecule has 0 radical (unpaired) electrons. The highest BCUT2D eigenvalue weighted by molar-refractivity contribution is 7.90. The van der Waals surface area contributed by atoms with Crippen molar-refractivity contribution >= 4 is 21.7 Å². The van der Waals surface area contributed by atoms with Gasteiger partial charge in [-0.1, -0.05) is 25.3 Å². The van der Waals surface area contributed by atoms with E-state index in [9.17, 15) is 23.1 Å². The molecule has 1 aromatic carbocycles. The Kier molecular flexibility index (Phi) is 4.79. The van der Waals surface area contributed by atoms with Crippen LogP contribution in [0.25, 0.3) is 0 Å². The molecule has 126 valence electrons. The van der Waals surface area contributed by atoms with E-state index < -0.39 is 27.3 Å². The van der Waals surface area contributed by atoms with Crippen molar-refractivity contribution < 1.29 is 23.1 Å². The number of carboxylic acids is 1. The number of sulfone groups is 1. The zero-order valence-corrected chi connectivity index (χ0v) is 14.1. The number of aryl methyl sites for hydroxylation is 1. The summed E-state index contributed by atoms with van der Waals surface area (Å²) in [6.07, 6.45) is 4.29. The van der Waals surface area contributed by atoms with Gasteiger partial charge in [-0.25, -0.2) is 13.2 Å². The molecule has 0 heterocycles. The molecule has 6 nitrogen and oxygen atoms in total. The Morgan fingerprint density at radius 1 is 1.17 bits per heavy atom. The third-order valence-electron chi connectivity index (χ3n) is 4.35. The van der Waals surface area contributed by atoms with Crippen LogP contribution in [0.3, 0.4) is 0 Å². The van der Waals surface area contributed by atoms with E-state index in [1.54, 1.807) is 13.0 Å². The van der Waals surface area contributed by atoms with Crippen molar-refractivity contribution in [3.05, 3.63) is 29.3 Å². The summed E-state index contributed by atoms with van der Waals surface area (Å²) in [5, 5.41) is 12.2. The van der Waals surface area contributed by atoms with Crippen molar-refractivity contribution in [2.75, 3.05) is 6.26 Å². The van der Waals surface area contributed by atoms with Crippen molar-refractivity contribution in [1.82, 2.24) is 5.32 Å². The third-order valence-corrected chi connectivity index (χ3v) is 5.46. The predicted molar refractivity (Wildman–Crippen MR) is 85.2 cm³/mol. The predicted octanol–water partition coefficient (Wildman–Crippen LogP) is 1.92. The van der Waals surface area contributed by atoms with E-state index in [2.05, 4.69) is 5.32 Å². The van der Waals surface area contributed by atoms with Gasteiger partial charge in [-0.15, -0.1) is 0 Å². The van der Waals surface area contributed by atoms with E-state index in [1.807, 2.05) is 0 Å². The number of hydrogen-bond acceptors (Lipinski definition) is 4. The Morgan fingerprint density at radius 3 is 2.30 bits per heavy atom. The van der Waals surface area contributed by atoms with Gasteiger partial charge in [-0.3, -0.25) is 4.79 Å². The fourth-order valence-electron chi connectivity index (χ4n) is 2.91. The number of amides is 1. The maximum atomic E-state index is 12.6. The maximum absolute atomic E-state index is 12.6. The molecule has 0 spiro atoms. The number of carboxylic acid groups (broad SMARTS) is 1. The third kappa shape index (κ3) is 3.72. The van der Waals surface area contributed by atoms with Crippen molar-refractivity contribution in [3.63, 3.8) is 0 Å². The molecule has 2 rings (SSSR count). The zero-order chi connectivity index (χ0) is 17.3. The molecule has 0 unspecified atom stereocenters. The summed E-state index contributed by atoms with van der Waals surface area (Å²) in [5.74, 6) is -1.58. The van der Waals surface area contributed by atoms with Crippen LogP contribution in [-0.4, -0.2) is 37.2 Å². The Bertz CT molecular complexity index is 733. The second-order valence-corrected chi connectivity index (χ2v) is 8.17. The summed E-state index contributed by atoms with van der Waals surface area (Å²) in [4.78, 5) is 24.2. The van der Waals surface area contributed by atoms with E-state index in [-0.39, 0.29) is 10.5 Å². The van der Waals surface area contributed by atoms with E-state index >= 15 is 0 Å². The molecule has 1 fully saturated rings. The quantitative estimate of drug-likeness (QED) is 0.873. The van der Waals surface area contributed by atoms with Gasteiger partial charge in [0.2, 0.25) is 0 Å². The Labute approximate surface area is 135 Å². The lowest BCUT2D eigenvalue weighted by Crippen LogP contribution is -2.55. The summed E-state index contributed by atoms with van der Waals surface area (Å²) in [5.41, 5.74) is -0.464. The Morgan fingerprint density at radius 2 is 1.78 bits per heavy atom. The number of carbonyl (C=O) groups excluding carboxylic acids is 1. The van der Waals surface area contributed by atoms with Gasteiger partial charge >= 0.3 is 5.97 Å². The fraction of sp³-hybridized carbons (Fsp3) is 0.500. The fourth-order valence-corrected chi connectivity index (χ4v) is 3.56. The van der Waals surface area contributed by atoms with Crippen molar-refractivity contribution in [3.8, 4) is 0 Å². The largest absolute Gasteiger partial charge is 0.480 e. The average Bonchev–Trinajstić information content (AvgIpc) is 2.47. The van der Waals surface area contributed by atoms with E-state index in [0.717, 1.165) is 25.5 Å². The summed E-state index contributed by atoms with van der Waals surface area (Å²) < 4.78 is 23.3. The smallest absolute Gasteiger partial charge is 0.329 e. The first kappa shape index (κ1) is 17.5. The minimum Gasteiger partial charge on any atom is -0.480 e. The highest BCUT2D eigenvalue weighted by Crippen LogP contribution is 2.29. The van der Waals surface area contributed by atoms with Crippen LogP contribution in [0.4, 0.5) is 0 Å². The molecule has 0 bridgehead atoms. The summed E-state index contributed by atoms with van der Waals surface area (Å²) in [6, 6.07) is 4.30. The lowest BCUT2D eigenvalue weighted by Gasteiger charge is -2.34. The lowest BCUT2D eigenvalue weighted by atomic mass is 9.81. The van der Waals surface area contributed by atoms with Crippen molar-refractivity contribution in [1.29, 1.82) is 0 Å². The van der Waals surface area contributed by atoms with Gasteiger partial charge in [0.25, 0.3) is 5.91 Å². The van der Waals surface area contributed by atoms with Crippen LogP contribution in [-0.2, 0) is 14.6 Å². The molecule has 1 aromatic rings. The van der Waals surface area contributed by atoms with Crippen LogP contribution < -0.4 is 5.32 Å². The number of carbonyl (C=O) groups is 2. The Balaban J connectivity index is 2.35. The van der Waals surface area contributed by atoms with Gasteiger partial charge in [-0.05, 0) is 37.5 Å². The van der Waals surface area contributed by atoms with Crippen LogP contribution in [0, 0.1) is 6.92 Å². The first-order valence-corrected chi connectivity index (χ1v) is 9.41. The topological polar surface area (TPSA) is 101 Å². The molecular formula is C16H21NO5S. The SMILES string of the molecule is Cc1ccc(S(C)(=O)=O)cc1C(=O)NC1(C(=O)O)CCCCC1. The molecule has 0 saturated heterocycles. The summed E-state index contributed by atoms with van der Waals surface area (Å²) >= 11 is 0. The number of hydrogen-bond donors (Lipinski definition) is 2. The van der Waals surface area contributed by atoms with Crippen LogP contribution in [0.1, 0.15) is 48.0 Å². The first-order valence-electron chi connectivity index (χ1n) is 7.52. The van der Waals surface area contributed by atoms with Gasteiger partial charge in [0.05, 0.1) is 4.90 Å². The van der Waals surface area contributed by atoms with Crippen molar-refractivity contribution in [2.45, 2.75) is 49.5 Å². The highest BCUT2D eigenvalue weighted by Gasteiger charge is 2.41. The zero-order valence-electron chi connectivity index (χ0n) is 13.3. The van der Waals surface area contributed by atoms with Gasteiger partial charge < -0.3 is 10.4 Å². The van der Waals surface area contributed by atoms with Crippen LogP contribution in [0.2, 0.25) is 0 Å². The van der Waals surface area contributed by atoms with E-state index in [0.29, 0.717) is 18.4 Å². The number of aliphatic carboxylic acids is 1. The first-order chi connectivity index (χ1) is 10.7. The lowest BCUT2D eigenvalue weighted by molar-refractivity contribution is -0.145. The maximum Gasteiger partial charge on any atom is 0.329 e. The standard InChI is InChI=1S/C16H21NO5S/c1-11-6-7-12(23(2,21)22)10-13(11)14(18)17-16(15(19)20)8-4-3-5-9-16/h6-7,10H,3-5,8-9H2,1-2H3,(H,17,18)(H,19,20). The number of nitrogens with one attached hydrogen (secondary N) is 1. The molecule has 1 aliphatic carbocycles. The number of rotatable bonds is 4. The molecule has 23 heavy (non-hydrogen) atoms. The molecule has 0 atom stereocenters. The van der Waals surface area contributed by atoms with Crippen molar-refractivity contribution in [2.24, 2.45) is 0 Å². The van der Waals surface area contributed by atoms with Gasteiger partial charge in [0.1, 0.15) is 5.54 Å².